The fraction of sp³-hybridized carbons (Fsp3) is 0.857. The Kier molecular flexibility index (Phi) is 4.82. The molecule has 0 aromatic rings. The summed E-state index contributed by atoms with van der Waals surface area (Å²) in [4.78, 5) is 24.7. The van der Waals surface area contributed by atoms with Gasteiger partial charge in [0.05, 0.1) is 6.42 Å². The summed E-state index contributed by atoms with van der Waals surface area (Å²) < 4.78 is 0. The number of hydrogen-bond donors (Lipinski definition) is 2. The van der Waals surface area contributed by atoms with Crippen LogP contribution >= 0.6 is 0 Å². The second-order valence-electron chi connectivity index (χ2n) is 6.26. The van der Waals surface area contributed by atoms with Gasteiger partial charge < -0.3 is 15.3 Å². The highest BCUT2D eigenvalue weighted by Crippen LogP contribution is 2.36. The maximum absolute atomic E-state index is 12.2. The van der Waals surface area contributed by atoms with Crippen LogP contribution in [0.5, 0.6) is 0 Å². The fourth-order valence-electron chi connectivity index (χ4n) is 2.73. The van der Waals surface area contributed by atoms with Gasteiger partial charge in [-0.15, -0.1) is 0 Å². The molecule has 0 atom stereocenters. The Labute approximate surface area is 115 Å². The first-order valence-corrected chi connectivity index (χ1v) is 7.02. The van der Waals surface area contributed by atoms with Crippen molar-refractivity contribution in [3.8, 4) is 0 Å². The summed E-state index contributed by atoms with van der Waals surface area (Å²) in [6.07, 6.45) is 3.11. The smallest absolute Gasteiger partial charge is 0.317 e. The van der Waals surface area contributed by atoms with E-state index in [1.54, 1.807) is 13.8 Å². The molecule has 1 saturated heterocycles. The third kappa shape index (κ3) is 4.11. The molecular formula is C14H26N2O3. The van der Waals surface area contributed by atoms with Crippen LogP contribution in [0.4, 0.5) is 4.79 Å². The van der Waals surface area contributed by atoms with E-state index in [4.69, 9.17) is 5.11 Å². The van der Waals surface area contributed by atoms with E-state index in [1.165, 1.54) is 0 Å². The summed E-state index contributed by atoms with van der Waals surface area (Å²) in [7, 11) is 0. The van der Waals surface area contributed by atoms with Crippen LogP contribution in [0.1, 0.15) is 53.4 Å². The second-order valence-corrected chi connectivity index (χ2v) is 6.26. The van der Waals surface area contributed by atoms with Crippen LogP contribution in [0.15, 0.2) is 0 Å². The Hall–Kier alpha value is -1.26. The standard InChI is InChI=1S/C14H26N2O3/c1-5-14(6-2)7-8-16(10-14)12(19)15-13(3,4)9-11(17)18/h5-10H2,1-4H3,(H,15,19)(H,17,18). The summed E-state index contributed by atoms with van der Waals surface area (Å²) in [6.45, 7) is 9.34. The summed E-state index contributed by atoms with van der Waals surface area (Å²) in [5, 5.41) is 11.6. The van der Waals surface area contributed by atoms with E-state index in [-0.39, 0.29) is 17.9 Å². The number of rotatable bonds is 5. The average Bonchev–Trinajstić information content (AvgIpc) is 2.71. The number of likely N-dealkylation sites (tertiary alicyclic amines) is 1. The predicted octanol–water partition coefficient (Wildman–Crippen LogP) is 2.46. The van der Waals surface area contributed by atoms with Gasteiger partial charge in [-0.05, 0) is 38.5 Å². The van der Waals surface area contributed by atoms with Crippen LogP contribution in [0.25, 0.3) is 0 Å². The van der Waals surface area contributed by atoms with Crippen molar-refractivity contribution in [3.05, 3.63) is 0 Å². The maximum atomic E-state index is 12.2. The van der Waals surface area contributed by atoms with E-state index in [0.717, 1.165) is 32.4 Å². The Balaban J connectivity index is 2.59. The van der Waals surface area contributed by atoms with Crippen molar-refractivity contribution in [2.45, 2.75) is 58.9 Å². The van der Waals surface area contributed by atoms with Crippen LogP contribution in [-0.2, 0) is 4.79 Å². The van der Waals surface area contributed by atoms with Gasteiger partial charge >= 0.3 is 12.0 Å². The lowest BCUT2D eigenvalue weighted by atomic mass is 9.82. The van der Waals surface area contributed by atoms with Gasteiger partial charge in [-0.1, -0.05) is 13.8 Å². The first-order valence-electron chi connectivity index (χ1n) is 7.02. The Morgan fingerprint density at radius 3 is 2.32 bits per heavy atom. The number of carbonyl (C=O) groups excluding carboxylic acids is 1. The number of carboxylic acid groups (broad SMARTS) is 1. The molecule has 0 bridgehead atoms. The normalized spacial score (nSPS) is 18.4. The summed E-state index contributed by atoms with van der Waals surface area (Å²) in [5.74, 6) is -0.900. The van der Waals surface area contributed by atoms with Gasteiger partial charge in [-0.25, -0.2) is 4.79 Å². The molecule has 0 aromatic heterocycles. The number of aliphatic carboxylic acids is 1. The second kappa shape index (κ2) is 5.80. The Morgan fingerprint density at radius 2 is 1.89 bits per heavy atom. The SMILES string of the molecule is CCC1(CC)CCN(C(=O)NC(C)(C)CC(=O)O)C1. The number of hydrogen-bond acceptors (Lipinski definition) is 2. The molecule has 1 aliphatic rings. The van der Waals surface area contributed by atoms with Gasteiger partial charge in [-0.3, -0.25) is 4.79 Å². The number of carbonyl (C=O) groups is 2. The minimum atomic E-state index is -0.900. The zero-order valence-corrected chi connectivity index (χ0v) is 12.5. The minimum absolute atomic E-state index is 0.0702. The monoisotopic (exact) mass is 270 g/mol. The average molecular weight is 270 g/mol. The van der Waals surface area contributed by atoms with Gasteiger partial charge in [0.2, 0.25) is 0 Å². The van der Waals surface area contributed by atoms with Gasteiger partial charge in [-0.2, -0.15) is 0 Å². The highest BCUT2D eigenvalue weighted by atomic mass is 16.4. The molecule has 1 heterocycles. The van der Waals surface area contributed by atoms with E-state index >= 15 is 0 Å². The molecule has 2 amide bonds. The molecular weight excluding hydrogens is 244 g/mol. The molecule has 1 rings (SSSR count). The fourth-order valence-corrected chi connectivity index (χ4v) is 2.73. The molecule has 0 spiro atoms. The quantitative estimate of drug-likeness (QED) is 0.806. The maximum Gasteiger partial charge on any atom is 0.317 e. The lowest BCUT2D eigenvalue weighted by Crippen LogP contribution is -2.50. The Morgan fingerprint density at radius 1 is 1.32 bits per heavy atom. The molecule has 0 aliphatic carbocycles. The van der Waals surface area contributed by atoms with E-state index in [2.05, 4.69) is 19.2 Å². The number of nitrogens with zero attached hydrogens (tertiary/aromatic N) is 1. The third-order valence-corrected chi connectivity index (χ3v) is 4.26. The van der Waals surface area contributed by atoms with Crippen molar-refractivity contribution >= 4 is 12.0 Å². The molecule has 5 heteroatoms. The van der Waals surface area contributed by atoms with E-state index in [9.17, 15) is 9.59 Å². The molecule has 0 unspecified atom stereocenters. The van der Waals surface area contributed by atoms with Crippen LogP contribution in [0, 0.1) is 5.41 Å². The van der Waals surface area contributed by atoms with E-state index in [0.29, 0.717) is 0 Å². The van der Waals surface area contributed by atoms with E-state index in [1.807, 2.05) is 4.90 Å². The third-order valence-electron chi connectivity index (χ3n) is 4.26. The molecule has 1 aliphatic heterocycles. The van der Waals surface area contributed by atoms with Crippen LogP contribution in [-0.4, -0.2) is 40.6 Å². The van der Waals surface area contributed by atoms with Crippen molar-refractivity contribution < 1.29 is 14.7 Å². The highest BCUT2D eigenvalue weighted by molar-refractivity contribution is 5.77. The molecule has 110 valence electrons. The summed E-state index contributed by atoms with van der Waals surface area (Å²) in [5.41, 5.74) is -0.471. The number of carboxylic acids is 1. The number of amides is 2. The first kappa shape index (κ1) is 15.8. The highest BCUT2D eigenvalue weighted by Gasteiger charge is 2.38. The van der Waals surface area contributed by atoms with Crippen molar-refractivity contribution in [1.82, 2.24) is 10.2 Å². The lowest BCUT2D eigenvalue weighted by Gasteiger charge is -2.30. The molecule has 2 N–H and O–H groups in total. The largest absolute Gasteiger partial charge is 0.481 e. The van der Waals surface area contributed by atoms with Gasteiger partial charge in [0.15, 0.2) is 0 Å². The molecule has 0 saturated carbocycles. The molecule has 5 nitrogen and oxygen atoms in total. The van der Waals surface area contributed by atoms with Crippen molar-refractivity contribution in [1.29, 1.82) is 0 Å². The first-order chi connectivity index (χ1) is 8.73. The zero-order chi connectivity index (χ0) is 14.7. The van der Waals surface area contributed by atoms with Crippen molar-refractivity contribution in [2.75, 3.05) is 13.1 Å². The van der Waals surface area contributed by atoms with Crippen molar-refractivity contribution in [3.63, 3.8) is 0 Å². The molecule has 19 heavy (non-hydrogen) atoms. The Bertz CT molecular complexity index is 349. The van der Waals surface area contributed by atoms with Gasteiger partial charge in [0.1, 0.15) is 0 Å². The molecule has 0 aromatic carbocycles. The summed E-state index contributed by atoms with van der Waals surface area (Å²) >= 11 is 0. The summed E-state index contributed by atoms with van der Waals surface area (Å²) in [6, 6.07) is -0.143. The lowest BCUT2D eigenvalue weighted by molar-refractivity contribution is -0.138. The topological polar surface area (TPSA) is 69.6 Å². The van der Waals surface area contributed by atoms with Crippen LogP contribution < -0.4 is 5.32 Å². The van der Waals surface area contributed by atoms with Crippen molar-refractivity contribution in [2.24, 2.45) is 5.41 Å². The van der Waals surface area contributed by atoms with Crippen LogP contribution in [0.3, 0.4) is 0 Å². The number of urea groups is 1. The number of nitrogens with one attached hydrogen (secondary N) is 1. The zero-order valence-electron chi connectivity index (χ0n) is 12.5. The molecule has 1 fully saturated rings. The van der Waals surface area contributed by atoms with Gasteiger partial charge in [0, 0.05) is 18.6 Å². The van der Waals surface area contributed by atoms with E-state index < -0.39 is 11.5 Å². The predicted molar refractivity (Wildman–Crippen MR) is 74.1 cm³/mol. The minimum Gasteiger partial charge on any atom is -0.481 e. The van der Waals surface area contributed by atoms with Gasteiger partial charge in [0.25, 0.3) is 0 Å². The molecule has 0 radical (unpaired) electrons. The van der Waals surface area contributed by atoms with Crippen LogP contribution in [0.2, 0.25) is 0 Å².